The lowest BCUT2D eigenvalue weighted by Gasteiger charge is -2.47. The summed E-state index contributed by atoms with van der Waals surface area (Å²) in [5.41, 5.74) is 18.6. The quantitative estimate of drug-likeness (QED) is 0.391. The van der Waals surface area contributed by atoms with E-state index in [2.05, 4.69) is 20.1 Å². The number of benzene rings is 2. The first-order valence-corrected chi connectivity index (χ1v) is 9.95. The largest absolute Gasteiger partial charge is 0.358 e. The lowest BCUT2D eigenvalue weighted by atomic mass is 9.95. The summed E-state index contributed by atoms with van der Waals surface area (Å²) in [6, 6.07) is 17.7. The maximum Gasteiger partial charge on any atom is 0.184 e. The Morgan fingerprint density at radius 3 is 2.21 bits per heavy atom. The molecule has 0 bridgehead atoms. The molecule has 2 aromatic rings. The van der Waals surface area contributed by atoms with Crippen molar-refractivity contribution in [3.8, 4) is 0 Å². The molecule has 0 aliphatic carbocycles. The van der Waals surface area contributed by atoms with E-state index in [0.29, 0.717) is 0 Å². The van der Waals surface area contributed by atoms with E-state index in [4.69, 9.17) is 25.3 Å². The van der Waals surface area contributed by atoms with Crippen molar-refractivity contribution in [2.75, 3.05) is 6.61 Å². The van der Waals surface area contributed by atoms with E-state index >= 15 is 0 Å². The molecule has 6 atom stereocenters. The van der Waals surface area contributed by atoms with Gasteiger partial charge in [-0.05, 0) is 23.2 Å². The van der Waals surface area contributed by atoms with Gasteiger partial charge in [-0.15, -0.1) is 0 Å². The summed E-state index contributed by atoms with van der Waals surface area (Å²) in [6.07, 6.45) is -1.65. The highest BCUT2D eigenvalue weighted by Gasteiger charge is 2.49. The molecule has 2 aromatic carbocycles. The van der Waals surface area contributed by atoms with Crippen LogP contribution in [0.1, 0.15) is 11.9 Å². The number of azide groups is 2. The number of nitrogens with zero attached hydrogens (tertiary/aromatic N) is 6. The van der Waals surface area contributed by atoms with Crippen molar-refractivity contribution < 1.29 is 14.2 Å². The van der Waals surface area contributed by atoms with E-state index in [-0.39, 0.29) is 6.61 Å². The minimum absolute atomic E-state index is 0.274. The van der Waals surface area contributed by atoms with Gasteiger partial charge in [-0.25, -0.2) is 0 Å². The second-order valence-electron chi connectivity index (χ2n) is 6.54. The van der Waals surface area contributed by atoms with Gasteiger partial charge in [0.05, 0.1) is 24.8 Å². The Balaban J connectivity index is 1.61. The molecule has 9 nitrogen and oxygen atoms in total. The fraction of sp³-hybridized carbons (Fsp3) is 0.368. The van der Waals surface area contributed by atoms with Gasteiger partial charge in [-0.1, -0.05) is 70.5 Å². The van der Waals surface area contributed by atoms with Crippen molar-refractivity contribution in [1.82, 2.24) is 0 Å². The molecule has 0 spiro atoms. The van der Waals surface area contributed by atoms with E-state index in [1.165, 1.54) is 11.8 Å². The average Bonchev–Trinajstić information content (AvgIpc) is 2.77. The maximum atomic E-state index is 9.14. The molecule has 0 aromatic heterocycles. The van der Waals surface area contributed by atoms with Crippen LogP contribution >= 0.6 is 11.8 Å². The molecule has 2 fully saturated rings. The number of hydrogen-bond acceptors (Lipinski definition) is 6. The van der Waals surface area contributed by atoms with Crippen LogP contribution in [-0.4, -0.2) is 36.3 Å². The molecule has 2 heterocycles. The summed E-state index contributed by atoms with van der Waals surface area (Å²) in [5.74, 6) is 0. The van der Waals surface area contributed by atoms with Crippen molar-refractivity contribution in [3.63, 3.8) is 0 Å². The van der Waals surface area contributed by atoms with Gasteiger partial charge in [0, 0.05) is 20.3 Å². The molecule has 29 heavy (non-hydrogen) atoms. The van der Waals surface area contributed by atoms with Gasteiger partial charge < -0.3 is 14.2 Å². The Morgan fingerprint density at radius 2 is 1.52 bits per heavy atom. The highest BCUT2D eigenvalue weighted by atomic mass is 32.2. The molecule has 0 saturated carbocycles. The number of ether oxygens (including phenoxy) is 3. The third kappa shape index (κ3) is 4.33. The predicted molar refractivity (Wildman–Crippen MR) is 107 cm³/mol. The summed E-state index contributed by atoms with van der Waals surface area (Å²) in [7, 11) is 0. The SMILES string of the molecule is [N-]=[N+]=N[C@@H]1[C@H](N=[N+]=[N-])[C@H](Sc2ccccc2)O[C@@H]2CO[C@@H](c3ccccc3)O[C@@H]12. The summed E-state index contributed by atoms with van der Waals surface area (Å²) >= 11 is 1.41. The molecule has 2 aliphatic rings. The molecule has 148 valence electrons. The summed E-state index contributed by atoms with van der Waals surface area (Å²) < 4.78 is 18.2. The minimum Gasteiger partial charge on any atom is -0.358 e. The van der Waals surface area contributed by atoms with Crippen molar-refractivity contribution in [1.29, 1.82) is 0 Å². The molecule has 2 aliphatic heterocycles. The fourth-order valence-electron chi connectivity index (χ4n) is 3.46. The topological polar surface area (TPSA) is 125 Å². The van der Waals surface area contributed by atoms with Crippen LogP contribution in [-0.2, 0) is 14.2 Å². The Labute approximate surface area is 171 Å². The Morgan fingerprint density at radius 1 is 0.862 bits per heavy atom. The standard InChI is InChI=1S/C19H18N6O3S/c20-24-22-15-16(23-25-21)19(29-13-9-5-2-6-10-13)27-14-11-26-18(28-17(14)15)12-7-3-1-4-8-12/h1-10,14-19H,11H2/t14-,15-,16+,17-,18-,19+/m1/s1. The van der Waals surface area contributed by atoms with Gasteiger partial charge in [0.25, 0.3) is 0 Å². The normalized spacial score (nSPS) is 31.0. The van der Waals surface area contributed by atoms with Crippen LogP contribution in [0, 0.1) is 0 Å². The van der Waals surface area contributed by atoms with E-state index < -0.39 is 36.0 Å². The number of hydrogen-bond donors (Lipinski definition) is 0. The zero-order valence-electron chi connectivity index (χ0n) is 15.3. The molecular formula is C19H18N6O3S. The first-order valence-electron chi connectivity index (χ1n) is 9.08. The number of thioether (sulfide) groups is 1. The zero-order valence-corrected chi connectivity index (χ0v) is 16.1. The highest BCUT2D eigenvalue weighted by molar-refractivity contribution is 7.99. The van der Waals surface area contributed by atoms with Gasteiger partial charge >= 0.3 is 0 Å². The predicted octanol–water partition coefficient (Wildman–Crippen LogP) is 4.98. The van der Waals surface area contributed by atoms with E-state index in [1.54, 1.807) is 0 Å². The van der Waals surface area contributed by atoms with Crippen molar-refractivity contribution in [2.24, 2.45) is 10.2 Å². The second-order valence-corrected chi connectivity index (χ2v) is 7.71. The smallest absolute Gasteiger partial charge is 0.184 e. The maximum absolute atomic E-state index is 9.14. The Bertz CT molecular complexity index is 920. The molecule has 0 amide bonds. The van der Waals surface area contributed by atoms with Crippen LogP contribution in [0.3, 0.4) is 0 Å². The van der Waals surface area contributed by atoms with Gasteiger partial charge in [0.1, 0.15) is 11.5 Å². The van der Waals surface area contributed by atoms with Gasteiger partial charge in [-0.2, -0.15) is 0 Å². The highest BCUT2D eigenvalue weighted by Crippen LogP contribution is 2.41. The second kappa shape index (κ2) is 9.19. The third-order valence-electron chi connectivity index (χ3n) is 4.77. The molecule has 2 saturated heterocycles. The zero-order chi connectivity index (χ0) is 20.1. The summed E-state index contributed by atoms with van der Waals surface area (Å²) in [6.45, 7) is 0.274. The van der Waals surface area contributed by atoms with Crippen LogP contribution < -0.4 is 0 Å². The van der Waals surface area contributed by atoms with Crippen LogP contribution in [0.2, 0.25) is 0 Å². The van der Waals surface area contributed by atoms with Crippen molar-refractivity contribution in [3.05, 3.63) is 87.1 Å². The van der Waals surface area contributed by atoms with E-state index in [1.807, 2.05) is 60.7 Å². The molecule has 0 N–H and O–H groups in total. The van der Waals surface area contributed by atoms with E-state index in [0.717, 1.165) is 10.5 Å². The van der Waals surface area contributed by atoms with Crippen LogP contribution in [0.4, 0.5) is 0 Å². The average molecular weight is 410 g/mol. The van der Waals surface area contributed by atoms with Crippen LogP contribution in [0.25, 0.3) is 20.9 Å². The number of fused-ring (bicyclic) bond motifs is 1. The van der Waals surface area contributed by atoms with Gasteiger partial charge in [0.15, 0.2) is 6.29 Å². The molecular weight excluding hydrogens is 392 g/mol. The molecule has 4 rings (SSSR count). The summed E-state index contributed by atoms with van der Waals surface area (Å²) in [5, 5.41) is 7.83. The van der Waals surface area contributed by atoms with Crippen molar-refractivity contribution >= 4 is 11.8 Å². The minimum atomic E-state index is -0.725. The van der Waals surface area contributed by atoms with Crippen LogP contribution in [0.15, 0.2) is 75.8 Å². The fourth-order valence-corrected chi connectivity index (χ4v) is 4.60. The Kier molecular flexibility index (Phi) is 6.21. The molecule has 0 unspecified atom stereocenters. The molecule has 0 radical (unpaired) electrons. The van der Waals surface area contributed by atoms with E-state index in [9.17, 15) is 0 Å². The van der Waals surface area contributed by atoms with Crippen molar-refractivity contribution in [2.45, 2.75) is 40.9 Å². The lowest BCUT2D eigenvalue weighted by molar-refractivity contribution is -0.286. The third-order valence-corrected chi connectivity index (χ3v) is 5.94. The van der Waals surface area contributed by atoms with Gasteiger partial charge in [0.2, 0.25) is 0 Å². The first-order chi connectivity index (χ1) is 14.3. The Hall–Kier alpha value is -2.71. The molecule has 10 heteroatoms. The number of rotatable bonds is 5. The van der Waals surface area contributed by atoms with Gasteiger partial charge in [-0.3, -0.25) is 0 Å². The van der Waals surface area contributed by atoms with Crippen LogP contribution in [0.5, 0.6) is 0 Å². The first kappa shape index (κ1) is 19.6. The monoisotopic (exact) mass is 410 g/mol. The summed E-state index contributed by atoms with van der Waals surface area (Å²) in [4.78, 5) is 6.89. The lowest BCUT2D eigenvalue weighted by Crippen LogP contribution is -2.59.